The summed E-state index contributed by atoms with van der Waals surface area (Å²) in [6.07, 6.45) is 1.93. The van der Waals surface area contributed by atoms with Gasteiger partial charge in [0.2, 0.25) is 10.0 Å². The fourth-order valence-corrected chi connectivity index (χ4v) is 6.03. The number of nitrogens with zero attached hydrogens (tertiary/aromatic N) is 2. The number of hydrogen-bond donors (Lipinski definition) is 0. The van der Waals surface area contributed by atoms with E-state index in [1.54, 1.807) is 30.3 Å². The Hall–Kier alpha value is -2.19. The van der Waals surface area contributed by atoms with Gasteiger partial charge in [-0.25, -0.2) is 8.42 Å². The summed E-state index contributed by atoms with van der Waals surface area (Å²) in [7, 11) is -1.03. The fraction of sp³-hybridized carbons (Fsp3) is 0.238. The first kappa shape index (κ1) is 21.1. The molecule has 3 aromatic rings. The van der Waals surface area contributed by atoms with Crippen LogP contribution in [-0.2, 0) is 16.6 Å². The molecule has 0 bridgehead atoms. The molecule has 1 aliphatic heterocycles. The van der Waals surface area contributed by atoms with Gasteiger partial charge in [-0.3, -0.25) is 0 Å². The van der Waals surface area contributed by atoms with Gasteiger partial charge in [0.15, 0.2) is 0 Å². The van der Waals surface area contributed by atoms with Crippen molar-refractivity contribution in [2.24, 2.45) is 0 Å². The number of aromatic nitrogens is 1. The Balaban J connectivity index is 1.90. The summed E-state index contributed by atoms with van der Waals surface area (Å²) in [6.45, 7) is 0.795. The molecular weight excluding hydrogens is 447 g/mol. The van der Waals surface area contributed by atoms with E-state index in [-0.39, 0.29) is 17.2 Å². The van der Waals surface area contributed by atoms with Crippen LogP contribution in [0.2, 0.25) is 10.0 Å². The number of methoxy groups -OCH3 is 2. The summed E-state index contributed by atoms with van der Waals surface area (Å²) in [5.41, 5.74) is 1.49. The molecular formula is C21H20Cl2N2O4S. The summed E-state index contributed by atoms with van der Waals surface area (Å²) < 4.78 is 41.8. The Morgan fingerprint density at radius 3 is 2.50 bits per heavy atom. The third kappa shape index (κ3) is 3.56. The highest BCUT2D eigenvalue weighted by molar-refractivity contribution is 7.89. The SMILES string of the molecule is COc1ccc(OC)c(S(=O)(=O)N2CCn3cccc3[C@H]2c2ccc(Cl)cc2Cl)c1. The first-order chi connectivity index (χ1) is 14.4. The second-order valence-electron chi connectivity index (χ2n) is 6.83. The summed E-state index contributed by atoms with van der Waals surface area (Å²) in [5.74, 6) is 0.675. The first-order valence-electron chi connectivity index (χ1n) is 9.20. The van der Waals surface area contributed by atoms with E-state index in [0.717, 1.165) is 5.69 Å². The van der Waals surface area contributed by atoms with E-state index in [1.165, 1.54) is 24.6 Å². The highest BCUT2D eigenvalue weighted by Crippen LogP contribution is 2.41. The summed E-state index contributed by atoms with van der Waals surface area (Å²) >= 11 is 12.6. The number of sulfonamides is 1. The molecule has 0 radical (unpaired) electrons. The van der Waals surface area contributed by atoms with Gasteiger partial charge in [0.05, 0.1) is 20.3 Å². The Morgan fingerprint density at radius 2 is 1.80 bits per heavy atom. The van der Waals surface area contributed by atoms with Crippen molar-refractivity contribution >= 4 is 33.2 Å². The van der Waals surface area contributed by atoms with Crippen molar-refractivity contribution in [1.29, 1.82) is 0 Å². The van der Waals surface area contributed by atoms with Crippen molar-refractivity contribution in [3.8, 4) is 11.5 Å². The van der Waals surface area contributed by atoms with E-state index in [9.17, 15) is 8.42 Å². The Morgan fingerprint density at radius 1 is 1.00 bits per heavy atom. The predicted octanol–water partition coefficient (Wildman–Crippen LogP) is 4.61. The van der Waals surface area contributed by atoms with Gasteiger partial charge in [-0.2, -0.15) is 4.31 Å². The lowest BCUT2D eigenvalue weighted by atomic mass is 10.0. The minimum Gasteiger partial charge on any atom is -0.497 e. The second kappa shape index (κ2) is 8.15. The van der Waals surface area contributed by atoms with Crippen molar-refractivity contribution in [2.45, 2.75) is 17.5 Å². The van der Waals surface area contributed by atoms with Crippen molar-refractivity contribution in [1.82, 2.24) is 8.87 Å². The lowest BCUT2D eigenvalue weighted by molar-refractivity contribution is 0.296. The van der Waals surface area contributed by atoms with Gasteiger partial charge >= 0.3 is 0 Å². The molecule has 6 nitrogen and oxygen atoms in total. The van der Waals surface area contributed by atoms with Crippen LogP contribution in [0.1, 0.15) is 17.3 Å². The molecule has 1 aromatic heterocycles. The van der Waals surface area contributed by atoms with E-state index < -0.39 is 16.1 Å². The number of ether oxygens (including phenoxy) is 2. The molecule has 1 aliphatic rings. The van der Waals surface area contributed by atoms with E-state index in [4.69, 9.17) is 32.7 Å². The minimum atomic E-state index is -3.96. The number of hydrogen-bond acceptors (Lipinski definition) is 4. The van der Waals surface area contributed by atoms with Gasteiger partial charge < -0.3 is 14.0 Å². The van der Waals surface area contributed by atoms with Crippen LogP contribution >= 0.6 is 23.2 Å². The predicted molar refractivity (Wildman–Crippen MR) is 116 cm³/mol. The van der Waals surface area contributed by atoms with E-state index in [2.05, 4.69) is 0 Å². The van der Waals surface area contributed by atoms with E-state index in [0.29, 0.717) is 27.9 Å². The summed E-state index contributed by atoms with van der Waals surface area (Å²) in [5, 5.41) is 0.888. The van der Waals surface area contributed by atoms with E-state index >= 15 is 0 Å². The van der Waals surface area contributed by atoms with Crippen molar-refractivity contribution in [2.75, 3.05) is 20.8 Å². The molecule has 0 spiro atoms. The normalized spacial score (nSPS) is 16.9. The van der Waals surface area contributed by atoms with Crippen molar-refractivity contribution in [3.63, 3.8) is 0 Å². The Bertz CT molecular complexity index is 1190. The lowest BCUT2D eigenvalue weighted by Crippen LogP contribution is -2.42. The Kier molecular flexibility index (Phi) is 5.72. The molecule has 0 amide bonds. The van der Waals surface area contributed by atoms with Gasteiger partial charge in [0, 0.05) is 41.1 Å². The van der Waals surface area contributed by atoms with Crippen molar-refractivity contribution in [3.05, 3.63) is 76.0 Å². The lowest BCUT2D eigenvalue weighted by Gasteiger charge is -2.37. The van der Waals surface area contributed by atoms with Crippen LogP contribution in [0.25, 0.3) is 0 Å². The molecule has 30 heavy (non-hydrogen) atoms. The van der Waals surface area contributed by atoms with Crippen molar-refractivity contribution < 1.29 is 17.9 Å². The van der Waals surface area contributed by atoms with Gasteiger partial charge in [-0.15, -0.1) is 0 Å². The molecule has 0 unspecified atom stereocenters. The molecule has 0 aliphatic carbocycles. The molecule has 2 aromatic carbocycles. The maximum atomic E-state index is 13.8. The number of rotatable bonds is 5. The topological polar surface area (TPSA) is 60.8 Å². The molecule has 0 N–H and O–H groups in total. The summed E-state index contributed by atoms with van der Waals surface area (Å²) in [4.78, 5) is 0.0412. The van der Waals surface area contributed by atoms with Gasteiger partial charge in [-0.05, 0) is 42.0 Å². The van der Waals surface area contributed by atoms with Crippen LogP contribution < -0.4 is 9.47 Å². The van der Waals surface area contributed by atoms with Crippen LogP contribution in [-0.4, -0.2) is 38.1 Å². The zero-order valence-electron chi connectivity index (χ0n) is 16.4. The average molecular weight is 467 g/mol. The van der Waals surface area contributed by atoms with Gasteiger partial charge in [0.25, 0.3) is 0 Å². The van der Waals surface area contributed by atoms with Gasteiger partial charge in [0.1, 0.15) is 16.4 Å². The zero-order valence-corrected chi connectivity index (χ0v) is 18.7. The third-order valence-corrected chi connectivity index (χ3v) is 7.66. The largest absolute Gasteiger partial charge is 0.497 e. The average Bonchev–Trinajstić information content (AvgIpc) is 3.22. The molecule has 158 valence electrons. The maximum absolute atomic E-state index is 13.8. The number of fused-ring (bicyclic) bond motifs is 1. The molecule has 0 saturated heterocycles. The molecule has 4 rings (SSSR count). The number of benzene rings is 2. The quantitative estimate of drug-likeness (QED) is 0.550. The zero-order chi connectivity index (χ0) is 21.5. The maximum Gasteiger partial charge on any atom is 0.247 e. The molecule has 0 fully saturated rings. The van der Waals surface area contributed by atoms with Crippen LogP contribution in [0.3, 0.4) is 0 Å². The second-order valence-corrected chi connectivity index (χ2v) is 9.53. The molecule has 9 heteroatoms. The summed E-state index contributed by atoms with van der Waals surface area (Å²) in [6, 6.07) is 13.0. The minimum absolute atomic E-state index is 0.0412. The fourth-order valence-electron chi connectivity index (χ4n) is 3.77. The molecule has 0 saturated carbocycles. The number of halogens is 2. The van der Waals surface area contributed by atoms with E-state index in [1.807, 2.05) is 22.9 Å². The highest BCUT2D eigenvalue weighted by Gasteiger charge is 2.40. The third-order valence-electron chi connectivity index (χ3n) is 5.21. The van der Waals surface area contributed by atoms with Crippen LogP contribution in [0.4, 0.5) is 0 Å². The first-order valence-corrected chi connectivity index (χ1v) is 11.4. The Labute approximate surface area is 185 Å². The molecule has 1 atom stereocenters. The molecule has 2 heterocycles. The standard InChI is InChI=1S/C21H20Cl2N2O4S/c1-28-15-6-8-19(29-2)20(13-15)30(26,27)25-11-10-24-9-3-4-18(24)21(25)16-7-5-14(22)12-17(16)23/h3-9,12-13,21H,10-11H2,1-2H3/t21-/m1/s1. The smallest absolute Gasteiger partial charge is 0.247 e. The van der Waals surface area contributed by atoms with Gasteiger partial charge in [-0.1, -0.05) is 29.3 Å². The monoisotopic (exact) mass is 466 g/mol. The highest BCUT2D eigenvalue weighted by atomic mass is 35.5. The van der Waals surface area contributed by atoms with Crippen LogP contribution in [0.5, 0.6) is 11.5 Å². The van der Waals surface area contributed by atoms with Crippen LogP contribution in [0, 0.1) is 0 Å². The van der Waals surface area contributed by atoms with Crippen LogP contribution in [0.15, 0.2) is 59.6 Å².